The van der Waals surface area contributed by atoms with E-state index in [-0.39, 0.29) is 29.8 Å². The number of rotatable bonds is 12. The monoisotopic (exact) mass is 705 g/mol. The maximum atomic E-state index is 14.7. The first-order valence-electron chi connectivity index (χ1n) is 16.3. The molecule has 1 aliphatic rings. The highest BCUT2D eigenvalue weighted by Crippen LogP contribution is 2.29. The van der Waals surface area contributed by atoms with Gasteiger partial charge in [0.2, 0.25) is 11.8 Å². The van der Waals surface area contributed by atoms with E-state index in [1.165, 1.54) is 4.90 Å². The Hall–Kier alpha value is -3.85. The maximum absolute atomic E-state index is 14.7. The molecule has 1 atom stereocenters. The van der Waals surface area contributed by atoms with Gasteiger partial charge in [0.1, 0.15) is 12.6 Å². The summed E-state index contributed by atoms with van der Waals surface area (Å²) in [5, 5.41) is 3.91. The van der Waals surface area contributed by atoms with E-state index in [0.29, 0.717) is 26.9 Å². The molecule has 1 unspecified atom stereocenters. The van der Waals surface area contributed by atoms with E-state index in [1.54, 1.807) is 67.6 Å². The van der Waals surface area contributed by atoms with Gasteiger partial charge in [0, 0.05) is 19.0 Å². The minimum atomic E-state index is -4.19. The van der Waals surface area contributed by atoms with Crippen molar-refractivity contribution >= 4 is 50.7 Å². The van der Waals surface area contributed by atoms with Crippen LogP contribution in [0.5, 0.6) is 0 Å². The number of benzene rings is 4. The van der Waals surface area contributed by atoms with Gasteiger partial charge in [-0.3, -0.25) is 13.9 Å². The van der Waals surface area contributed by atoms with Crippen molar-refractivity contribution in [2.24, 2.45) is 0 Å². The molecular formula is C38H41Cl2N3O4S. The third-order valence-corrected chi connectivity index (χ3v) is 11.3. The van der Waals surface area contributed by atoms with Crippen molar-refractivity contribution in [2.45, 2.75) is 75.9 Å². The number of aryl methyl sites for hydroxylation is 2. The number of halogens is 2. The first-order chi connectivity index (χ1) is 23.0. The highest BCUT2D eigenvalue weighted by molar-refractivity contribution is 7.92. The fourth-order valence-corrected chi connectivity index (χ4v) is 7.93. The Kier molecular flexibility index (Phi) is 11.8. The van der Waals surface area contributed by atoms with E-state index >= 15 is 0 Å². The van der Waals surface area contributed by atoms with Crippen LogP contribution in [0.3, 0.4) is 0 Å². The molecule has 48 heavy (non-hydrogen) atoms. The van der Waals surface area contributed by atoms with E-state index in [1.807, 2.05) is 43.3 Å². The van der Waals surface area contributed by atoms with Gasteiger partial charge in [-0.1, -0.05) is 115 Å². The maximum Gasteiger partial charge on any atom is 0.264 e. The summed E-state index contributed by atoms with van der Waals surface area (Å²) < 4.78 is 29.7. The Morgan fingerprint density at radius 3 is 2.15 bits per heavy atom. The molecule has 0 aliphatic heterocycles. The van der Waals surface area contributed by atoms with Crippen molar-refractivity contribution in [1.29, 1.82) is 0 Å². The Bertz CT molecular complexity index is 1830. The summed E-state index contributed by atoms with van der Waals surface area (Å²) in [6.45, 7) is 3.17. The van der Waals surface area contributed by atoms with Gasteiger partial charge in [0.05, 0.1) is 20.6 Å². The van der Waals surface area contributed by atoms with Gasteiger partial charge in [0.15, 0.2) is 0 Å². The standard InChI is InChI=1S/C38H41Cl2N3O4S/c1-27-17-20-32(21-18-27)48(46,47)43(35-16-10-9-11-28(35)2)26-37(44)42(25-30-19-22-33(39)34(40)23-30)36(24-29-12-5-3-6-13-29)38(45)41-31-14-7-4-8-15-31/h3,5-6,9-13,16-23,31,36H,4,7-8,14-15,24-26H2,1-2H3,(H,41,45). The van der Waals surface area contributed by atoms with Gasteiger partial charge in [-0.25, -0.2) is 8.42 Å². The Morgan fingerprint density at radius 2 is 1.48 bits per heavy atom. The summed E-state index contributed by atoms with van der Waals surface area (Å²) in [6.07, 6.45) is 5.18. The quantitative estimate of drug-likeness (QED) is 0.162. The fraction of sp³-hybridized carbons (Fsp3) is 0.316. The third kappa shape index (κ3) is 8.78. The van der Waals surface area contributed by atoms with Gasteiger partial charge in [-0.05, 0) is 73.7 Å². The summed E-state index contributed by atoms with van der Waals surface area (Å²) in [7, 11) is -4.19. The number of nitrogens with zero attached hydrogens (tertiary/aromatic N) is 2. The Balaban J connectivity index is 1.58. The molecule has 0 heterocycles. The third-order valence-electron chi connectivity index (χ3n) is 8.83. The van der Waals surface area contributed by atoms with Crippen molar-refractivity contribution < 1.29 is 18.0 Å². The topological polar surface area (TPSA) is 86.8 Å². The van der Waals surface area contributed by atoms with Crippen LogP contribution in [0.4, 0.5) is 5.69 Å². The number of sulfonamides is 1. The highest BCUT2D eigenvalue weighted by Gasteiger charge is 2.36. The predicted molar refractivity (Wildman–Crippen MR) is 193 cm³/mol. The van der Waals surface area contributed by atoms with Gasteiger partial charge in [-0.15, -0.1) is 0 Å². The number of carbonyl (C=O) groups is 2. The first kappa shape index (κ1) is 35.5. The molecule has 2 amide bonds. The van der Waals surface area contributed by atoms with Crippen LogP contribution in [0.25, 0.3) is 0 Å². The smallest absolute Gasteiger partial charge is 0.264 e. The second-order valence-corrected chi connectivity index (χ2v) is 15.1. The average molecular weight is 707 g/mol. The number of para-hydroxylation sites is 1. The van der Waals surface area contributed by atoms with Crippen LogP contribution in [-0.4, -0.2) is 43.8 Å². The number of nitrogens with one attached hydrogen (secondary N) is 1. The molecule has 0 bridgehead atoms. The second kappa shape index (κ2) is 16.0. The van der Waals surface area contributed by atoms with Crippen LogP contribution in [-0.2, 0) is 32.6 Å². The first-order valence-corrected chi connectivity index (χ1v) is 18.5. The van der Waals surface area contributed by atoms with Crippen LogP contribution in [0, 0.1) is 13.8 Å². The molecule has 5 rings (SSSR count). The number of amides is 2. The summed E-state index contributed by atoms with van der Waals surface area (Å²) in [6, 6.07) is 27.3. The molecule has 10 heteroatoms. The van der Waals surface area contributed by atoms with Crippen molar-refractivity contribution in [3.63, 3.8) is 0 Å². The van der Waals surface area contributed by atoms with E-state index in [4.69, 9.17) is 23.2 Å². The molecular weight excluding hydrogens is 665 g/mol. The molecule has 7 nitrogen and oxygen atoms in total. The minimum absolute atomic E-state index is 0.0110. The molecule has 1 fully saturated rings. The predicted octanol–water partition coefficient (Wildman–Crippen LogP) is 7.89. The zero-order chi connectivity index (χ0) is 34.3. The van der Waals surface area contributed by atoms with Crippen molar-refractivity contribution in [1.82, 2.24) is 10.2 Å². The van der Waals surface area contributed by atoms with E-state index in [9.17, 15) is 18.0 Å². The molecule has 4 aromatic carbocycles. The van der Waals surface area contributed by atoms with Crippen molar-refractivity contribution in [3.8, 4) is 0 Å². The lowest BCUT2D eigenvalue weighted by molar-refractivity contribution is -0.140. The van der Waals surface area contributed by atoms with Crippen LogP contribution >= 0.6 is 23.2 Å². The van der Waals surface area contributed by atoms with Crippen LogP contribution in [0.1, 0.15) is 54.4 Å². The number of hydrogen-bond acceptors (Lipinski definition) is 4. The molecule has 252 valence electrons. The zero-order valence-electron chi connectivity index (χ0n) is 27.2. The van der Waals surface area contributed by atoms with E-state index in [2.05, 4.69) is 5.32 Å². The highest BCUT2D eigenvalue weighted by atomic mass is 35.5. The molecule has 0 aromatic heterocycles. The normalized spacial score (nSPS) is 14.2. The lowest BCUT2D eigenvalue weighted by atomic mass is 9.94. The van der Waals surface area contributed by atoms with Crippen LogP contribution in [0.2, 0.25) is 10.0 Å². The molecule has 0 saturated heterocycles. The molecule has 1 aliphatic carbocycles. The number of anilines is 1. The van der Waals surface area contributed by atoms with Crippen LogP contribution in [0.15, 0.2) is 102 Å². The molecule has 0 spiro atoms. The lowest BCUT2D eigenvalue weighted by Crippen LogP contribution is -2.55. The molecule has 4 aromatic rings. The summed E-state index contributed by atoms with van der Waals surface area (Å²) in [5.74, 6) is -0.803. The SMILES string of the molecule is Cc1ccc(S(=O)(=O)N(CC(=O)N(Cc2ccc(Cl)c(Cl)c2)C(Cc2ccccc2)C(=O)NC2CCCCC2)c2ccccc2C)cc1. The lowest BCUT2D eigenvalue weighted by Gasteiger charge is -2.35. The van der Waals surface area contributed by atoms with Gasteiger partial charge in [-0.2, -0.15) is 0 Å². The van der Waals surface area contributed by atoms with Gasteiger partial charge >= 0.3 is 0 Å². The largest absolute Gasteiger partial charge is 0.352 e. The van der Waals surface area contributed by atoms with Crippen molar-refractivity contribution in [3.05, 3.63) is 129 Å². The fourth-order valence-electron chi connectivity index (χ4n) is 6.13. The molecule has 0 radical (unpaired) electrons. The summed E-state index contributed by atoms with van der Waals surface area (Å²) >= 11 is 12.6. The Labute approximate surface area is 293 Å². The Morgan fingerprint density at radius 1 is 0.812 bits per heavy atom. The van der Waals surface area contributed by atoms with Gasteiger partial charge < -0.3 is 10.2 Å². The van der Waals surface area contributed by atoms with E-state index in [0.717, 1.165) is 47.5 Å². The summed E-state index contributed by atoms with van der Waals surface area (Å²) in [5.41, 5.74) is 3.51. The zero-order valence-corrected chi connectivity index (χ0v) is 29.6. The molecule has 1 saturated carbocycles. The summed E-state index contributed by atoms with van der Waals surface area (Å²) in [4.78, 5) is 30.5. The number of hydrogen-bond donors (Lipinski definition) is 1. The molecule has 1 N–H and O–H groups in total. The van der Waals surface area contributed by atoms with Crippen LogP contribution < -0.4 is 9.62 Å². The average Bonchev–Trinajstić information content (AvgIpc) is 3.08. The minimum Gasteiger partial charge on any atom is -0.352 e. The van der Waals surface area contributed by atoms with Gasteiger partial charge in [0.25, 0.3) is 10.0 Å². The van der Waals surface area contributed by atoms with Crippen molar-refractivity contribution in [2.75, 3.05) is 10.8 Å². The second-order valence-electron chi connectivity index (χ2n) is 12.4. The van der Waals surface area contributed by atoms with E-state index < -0.39 is 28.5 Å². The number of carbonyl (C=O) groups excluding carboxylic acids is 2.